The van der Waals surface area contributed by atoms with Gasteiger partial charge in [0.25, 0.3) is 5.69 Å². The van der Waals surface area contributed by atoms with Crippen molar-refractivity contribution in [2.24, 2.45) is 0 Å². The Morgan fingerprint density at radius 2 is 1.57 bits per heavy atom. The van der Waals surface area contributed by atoms with E-state index in [1.165, 1.54) is 12.1 Å². The van der Waals surface area contributed by atoms with Gasteiger partial charge in [-0.2, -0.15) is 0 Å². The number of hydrogen-bond donors (Lipinski definition) is 0. The predicted octanol–water partition coefficient (Wildman–Crippen LogP) is 2.25. The van der Waals surface area contributed by atoms with Gasteiger partial charge in [0.15, 0.2) is 15.6 Å². The molecule has 2 rings (SSSR count). The zero-order valence-electron chi connectivity index (χ0n) is 10.8. The van der Waals surface area contributed by atoms with Crippen LogP contribution in [0.2, 0.25) is 0 Å². The number of nitrogens with zero attached hydrogens (tertiary/aromatic N) is 1. The molecule has 0 aliphatic heterocycles. The van der Waals surface area contributed by atoms with Gasteiger partial charge in [-0.15, -0.1) is 0 Å². The van der Waals surface area contributed by atoms with Crippen LogP contribution in [0.4, 0.5) is 5.69 Å². The van der Waals surface area contributed by atoms with E-state index in [1.54, 1.807) is 18.2 Å². The smallest absolute Gasteiger partial charge is 0.269 e. The highest BCUT2D eigenvalue weighted by atomic mass is 32.2. The number of carbonyl (C=O) groups is 1. The first kappa shape index (κ1) is 14.9. The lowest BCUT2D eigenvalue weighted by Gasteiger charge is -2.04. The van der Waals surface area contributed by atoms with Crippen molar-refractivity contribution in [3.63, 3.8) is 0 Å². The monoisotopic (exact) mass is 305 g/mol. The van der Waals surface area contributed by atoms with Gasteiger partial charge in [0.2, 0.25) is 0 Å². The van der Waals surface area contributed by atoms with Crippen LogP contribution in [0.5, 0.6) is 0 Å². The molecule has 108 valence electrons. The summed E-state index contributed by atoms with van der Waals surface area (Å²) < 4.78 is 24.2. The van der Waals surface area contributed by atoms with E-state index in [9.17, 15) is 23.3 Å². The summed E-state index contributed by atoms with van der Waals surface area (Å²) in [5.41, 5.74) is 0.103. The molecule has 0 radical (unpaired) electrons. The number of hydrogen-bond acceptors (Lipinski definition) is 5. The number of Topliss-reactive ketones (excluding diaryl/α,β-unsaturated/α-hetero) is 1. The zero-order chi connectivity index (χ0) is 15.5. The van der Waals surface area contributed by atoms with Crippen molar-refractivity contribution in [2.45, 2.75) is 4.90 Å². The third-order valence-corrected chi connectivity index (χ3v) is 4.46. The van der Waals surface area contributed by atoms with Crippen molar-refractivity contribution in [1.29, 1.82) is 0 Å². The summed E-state index contributed by atoms with van der Waals surface area (Å²) in [5, 5.41) is 10.5. The third kappa shape index (κ3) is 3.51. The summed E-state index contributed by atoms with van der Waals surface area (Å²) in [6.45, 7) is 0. The fraction of sp³-hybridized carbons (Fsp3) is 0.0714. The van der Waals surface area contributed by atoms with Crippen LogP contribution in [-0.4, -0.2) is 24.9 Å². The predicted molar refractivity (Wildman–Crippen MR) is 75.9 cm³/mol. The Balaban J connectivity index is 2.22. The Labute approximate surface area is 121 Å². The van der Waals surface area contributed by atoms with Crippen LogP contribution in [0, 0.1) is 10.1 Å². The minimum atomic E-state index is -3.82. The lowest BCUT2D eigenvalue weighted by atomic mass is 10.2. The average Bonchev–Trinajstić information content (AvgIpc) is 2.48. The van der Waals surface area contributed by atoms with Gasteiger partial charge in [0.1, 0.15) is 5.75 Å². The van der Waals surface area contributed by atoms with Crippen LogP contribution in [-0.2, 0) is 9.84 Å². The maximum Gasteiger partial charge on any atom is 0.269 e. The summed E-state index contributed by atoms with van der Waals surface area (Å²) in [7, 11) is -3.82. The minimum Gasteiger partial charge on any atom is -0.293 e. The molecule has 0 aliphatic rings. The number of carbonyl (C=O) groups excluding carboxylic acids is 1. The lowest BCUT2D eigenvalue weighted by molar-refractivity contribution is -0.384. The molecule has 0 N–H and O–H groups in total. The standard InChI is InChI=1S/C14H11NO5S/c16-14(11-4-2-1-3-5-11)10-21(19,20)13-8-6-12(7-9-13)15(17)18/h1-9H,10H2. The number of nitro benzene ring substituents is 1. The normalized spacial score (nSPS) is 11.0. The summed E-state index contributed by atoms with van der Waals surface area (Å²) in [4.78, 5) is 21.7. The topological polar surface area (TPSA) is 94.3 Å². The molecule has 6 nitrogen and oxygen atoms in total. The van der Waals surface area contributed by atoms with Crippen molar-refractivity contribution in [1.82, 2.24) is 0 Å². The van der Waals surface area contributed by atoms with Gasteiger partial charge < -0.3 is 0 Å². The first-order valence-electron chi connectivity index (χ1n) is 5.95. The van der Waals surface area contributed by atoms with Crippen molar-refractivity contribution in [2.75, 3.05) is 5.75 Å². The van der Waals surface area contributed by atoms with Gasteiger partial charge >= 0.3 is 0 Å². The Morgan fingerprint density at radius 3 is 2.10 bits per heavy atom. The largest absolute Gasteiger partial charge is 0.293 e. The zero-order valence-corrected chi connectivity index (χ0v) is 11.6. The SMILES string of the molecule is O=C(CS(=O)(=O)c1ccc([N+](=O)[O-])cc1)c1ccccc1. The van der Waals surface area contributed by atoms with E-state index in [0.717, 1.165) is 24.3 Å². The summed E-state index contributed by atoms with van der Waals surface area (Å²) in [6.07, 6.45) is 0. The van der Waals surface area contributed by atoms with E-state index < -0.39 is 26.3 Å². The molecule has 0 aromatic heterocycles. The lowest BCUT2D eigenvalue weighted by Crippen LogP contribution is -2.16. The van der Waals surface area contributed by atoms with Gasteiger partial charge in [0.05, 0.1) is 9.82 Å². The van der Waals surface area contributed by atoms with Crippen LogP contribution in [0.25, 0.3) is 0 Å². The fourth-order valence-electron chi connectivity index (χ4n) is 1.74. The Hall–Kier alpha value is -2.54. The van der Waals surface area contributed by atoms with Gasteiger partial charge in [-0.25, -0.2) is 8.42 Å². The van der Waals surface area contributed by atoms with Crippen molar-refractivity contribution in [3.8, 4) is 0 Å². The highest BCUT2D eigenvalue weighted by Gasteiger charge is 2.21. The van der Waals surface area contributed by atoms with E-state index in [-0.39, 0.29) is 10.6 Å². The summed E-state index contributed by atoms with van der Waals surface area (Å²) >= 11 is 0. The van der Waals surface area contributed by atoms with Crippen LogP contribution in [0.1, 0.15) is 10.4 Å². The van der Waals surface area contributed by atoms with Crippen molar-refractivity contribution >= 4 is 21.3 Å². The van der Waals surface area contributed by atoms with E-state index >= 15 is 0 Å². The summed E-state index contributed by atoms with van der Waals surface area (Å²) in [6, 6.07) is 12.5. The number of sulfone groups is 1. The van der Waals surface area contributed by atoms with Crippen LogP contribution < -0.4 is 0 Å². The third-order valence-electron chi connectivity index (χ3n) is 2.82. The second-order valence-electron chi connectivity index (χ2n) is 4.30. The highest BCUT2D eigenvalue weighted by Crippen LogP contribution is 2.17. The van der Waals surface area contributed by atoms with Crippen LogP contribution in [0.15, 0.2) is 59.5 Å². The molecule has 0 aliphatic carbocycles. The second kappa shape index (κ2) is 5.84. The van der Waals surface area contributed by atoms with Gasteiger partial charge in [-0.1, -0.05) is 30.3 Å². The molecule has 7 heteroatoms. The van der Waals surface area contributed by atoms with E-state index in [2.05, 4.69) is 0 Å². The maximum atomic E-state index is 12.1. The number of rotatable bonds is 5. The number of benzene rings is 2. The molecule has 0 fully saturated rings. The quantitative estimate of drug-likeness (QED) is 0.479. The molecule has 0 atom stereocenters. The minimum absolute atomic E-state index is 0.114. The van der Waals surface area contributed by atoms with Gasteiger partial charge in [-0.05, 0) is 12.1 Å². The Kier molecular flexibility index (Phi) is 4.13. The molecule has 0 unspecified atom stereocenters. The van der Waals surface area contributed by atoms with Crippen molar-refractivity contribution < 1.29 is 18.1 Å². The van der Waals surface area contributed by atoms with E-state index in [1.807, 2.05) is 0 Å². The second-order valence-corrected chi connectivity index (χ2v) is 6.29. The molecule has 2 aromatic carbocycles. The molecule has 0 bridgehead atoms. The maximum absolute atomic E-state index is 12.1. The Morgan fingerprint density at radius 1 is 1.00 bits per heavy atom. The molecule has 0 heterocycles. The fourth-order valence-corrected chi connectivity index (χ4v) is 2.97. The first-order chi connectivity index (χ1) is 9.90. The van der Waals surface area contributed by atoms with E-state index in [0.29, 0.717) is 5.56 Å². The van der Waals surface area contributed by atoms with Crippen LogP contribution in [0.3, 0.4) is 0 Å². The number of ketones is 1. The molecule has 21 heavy (non-hydrogen) atoms. The molecule has 0 saturated carbocycles. The molecule has 0 amide bonds. The molecule has 0 saturated heterocycles. The van der Waals surface area contributed by atoms with Gasteiger partial charge in [0, 0.05) is 17.7 Å². The molecular formula is C14H11NO5S. The highest BCUT2D eigenvalue weighted by molar-refractivity contribution is 7.92. The molecular weight excluding hydrogens is 294 g/mol. The summed E-state index contributed by atoms with van der Waals surface area (Å²) in [5.74, 6) is -1.19. The average molecular weight is 305 g/mol. The molecule has 0 spiro atoms. The van der Waals surface area contributed by atoms with Crippen LogP contribution >= 0.6 is 0 Å². The van der Waals surface area contributed by atoms with Gasteiger partial charge in [-0.3, -0.25) is 14.9 Å². The number of nitro groups is 1. The van der Waals surface area contributed by atoms with E-state index in [4.69, 9.17) is 0 Å². The first-order valence-corrected chi connectivity index (χ1v) is 7.61. The molecule has 2 aromatic rings. The van der Waals surface area contributed by atoms with Crippen molar-refractivity contribution in [3.05, 3.63) is 70.3 Å². The Bertz CT molecular complexity index is 767. The number of non-ortho nitro benzene ring substituents is 1.